The molecule has 0 heterocycles. The summed E-state index contributed by atoms with van der Waals surface area (Å²) in [6.45, 7) is 4.03. The number of rotatable bonds is 8. The number of hydrogen-bond acceptors (Lipinski definition) is 2. The van der Waals surface area contributed by atoms with Gasteiger partial charge in [0.15, 0.2) is 5.92 Å². The van der Waals surface area contributed by atoms with Gasteiger partial charge in [-0.3, -0.25) is 9.59 Å². The molecule has 1 rings (SSSR count). The van der Waals surface area contributed by atoms with Crippen molar-refractivity contribution in [2.75, 3.05) is 0 Å². The van der Waals surface area contributed by atoms with Gasteiger partial charge < -0.3 is 10.2 Å². The maximum absolute atomic E-state index is 11.5. The summed E-state index contributed by atoms with van der Waals surface area (Å²) in [4.78, 5) is 23.0. The van der Waals surface area contributed by atoms with Crippen LogP contribution in [-0.2, 0) is 9.59 Å². The molecule has 0 amide bonds. The Balaban J connectivity index is 3.18. The molecule has 2 N–H and O–H groups in total. The molecule has 0 unspecified atom stereocenters. The van der Waals surface area contributed by atoms with Crippen LogP contribution in [0.5, 0.6) is 0 Å². The minimum absolute atomic E-state index is 0.254. The maximum Gasteiger partial charge on any atom is 0.318 e. The fourth-order valence-electron chi connectivity index (χ4n) is 4.09. The lowest BCUT2D eigenvalue weighted by molar-refractivity contribution is -0.165. The molecule has 19 heavy (non-hydrogen) atoms. The van der Waals surface area contributed by atoms with Gasteiger partial charge in [-0.25, -0.2) is 0 Å². The van der Waals surface area contributed by atoms with Crippen LogP contribution in [0.4, 0.5) is 0 Å². The van der Waals surface area contributed by atoms with E-state index >= 15 is 0 Å². The summed E-state index contributed by atoms with van der Waals surface area (Å²) in [5, 5.41) is 18.8. The minimum atomic E-state index is -1.25. The van der Waals surface area contributed by atoms with Crippen LogP contribution >= 0.6 is 0 Å². The molecular weight excluding hydrogens is 244 g/mol. The van der Waals surface area contributed by atoms with Crippen LogP contribution in [0.15, 0.2) is 0 Å². The van der Waals surface area contributed by atoms with Crippen LogP contribution in [0.1, 0.15) is 65.2 Å². The fraction of sp³-hybridized carbons (Fsp3) is 0.867. The van der Waals surface area contributed by atoms with Crippen molar-refractivity contribution in [2.24, 2.45) is 17.3 Å². The smallest absolute Gasteiger partial charge is 0.318 e. The summed E-state index contributed by atoms with van der Waals surface area (Å²) in [7, 11) is 0. The molecule has 0 atom stereocenters. The summed E-state index contributed by atoms with van der Waals surface area (Å²) in [5.74, 6) is -3.33. The predicted octanol–water partition coefficient (Wildman–Crippen LogP) is 3.55. The van der Waals surface area contributed by atoms with E-state index in [4.69, 9.17) is 0 Å². The van der Waals surface area contributed by atoms with E-state index in [1.54, 1.807) is 0 Å². The Morgan fingerprint density at radius 2 is 1.47 bits per heavy atom. The molecular formula is C15H26O4. The molecule has 1 fully saturated rings. The number of aliphatic carboxylic acids is 2. The first-order chi connectivity index (χ1) is 8.99. The second-order valence-corrected chi connectivity index (χ2v) is 5.82. The first kappa shape index (κ1) is 16.0. The highest BCUT2D eigenvalue weighted by molar-refractivity contribution is 5.94. The highest BCUT2D eigenvalue weighted by atomic mass is 16.4. The van der Waals surface area contributed by atoms with Crippen molar-refractivity contribution in [3.05, 3.63) is 0 Å². The Labute approximate surface area is 115 Å². The molecule has 0 aromatic rings. The summed E-state index contributed by atoms with van der Waals surface area (Å²) >= 11 is 0. The Bertz CT molecular complexity index is 298. The Morgan fingerprint density at radius 3 is 1.79 bits per heavy atom. The largest absolute Gasteiger partial charge is 0.481 e. The van der Waals surface area contributed by atoms with E-state index in [-0.39, 0.29) is 5.92 Å². The van der Waals surface area contributed by atoms with Gasteiger partial charge in [0.25, 0.3) is 0 Å². The molecule has 0 bridgehead atoms. The SMILES string of the molecule is CCCC(CCC)(C1CCCC1)C(C(=O)O)C(=O)O. The highest BCUT2D eigenvalue weighted by Crippen LogP contribution is 2.51. The first-order valence-electron chi connectivity index (χ1n) is 7.45. The van der Waals surface area contributed by atoms with Crippen molar-refractivity contribution in [2.45, 2.75) is 65.2 Å². The monoisotopic (exact) mass is 270 g/mol. The van der Waals surface area contributed by atoms with Crippen molar-refractivity contribution in [1.29, 1.82) is 0 Å². The summed E-state index contributed by atoms with van der Waals surface area (Å²) < 4.78 is 0. The first-order valence-corrected chi connectivity index (χ1v) is 7.45. The van der Waals surface area contributed by atoms with E-state index in [1.807, 2.05) is 13.8 Å². The number of hydrogen-bond donors (Lipinski definition) is 2. The molecule has 0 aliphatic heterocycles. The standard InChI is InChI=1S/C15H26O4/c1-3-9-15(10-4-2,11-7-5-6-8-11)12(13(16)17)14(18)19/h11-12H,3-10H2,1-2H3,(H,16,17)(H,18,19). The lowest BCUT2D eigenvalue weighted by Gasteiger charge is -2.42. The highest BCUT2D eigenvalue weighted by Gasteiger charge is 2.51. The Hall–Kier alpha value is -1.06. The number of carbonyl (C=O) groups is 2. The zero-order valence-corrected chi connectivity index (χ0v) is 12.0. The molecule has 4 nitrogen and oxygen atoms in total. The van der Waals surface area contributed by atoms with E-state index < -0.39 is 23.3 Å². The maximum atomic E-state index is 11.5. The van der Waals surface area contributed by atoms with Gasteiger partial charge in [-0.15, -0.1) is 0 Å². The van der Waals surface area contributed by atoms with Gasteiger partial charge in [0.2, 0.25) is 0 Å². The van der Waals surface area contributed by atoms with E-state index in [0.717, 1.165) is 38.5 Å². The van der Waals surface area contributed by atoms with Gasteiger partial charge in [-0.1, -0.05) is 39.5 Å². The zero-order valence-electron chi connectivity index (χ0n) is 12.0. The van der Waals surface area contributed by atoms with Gasteiger partial charge >= 0.3 is 11.9 Å². The van der Waals surface area contributed by atoms with E-state index in [9.17, 15) is 19.8 Å². The van der Waals surface area contributed by atoms with E-state index in [2.05, 4.69) is 0 Å². The van der Waals surface area contributed by atoms with E-state index in [1.165, 1.54) is 0 Å². The molecule has 0 aromatic carbocycles. The second-order valence-electron chi connectivity index (χ2n) is 5.82. The molecule has 0 radical (unpaired) electrons. The average Bonchev–Trinajstić information content (AvgIpc) is 2.81. The van der Waals surface area contributed by atoms with Crippen molar-refractivity contribution >= 4 is 11.9 Å². The van der Waals surface area contributed by atoms with Crippen LogP contribution in [0.25, 0.3) is 0 Å². The molecule has 1 aliphatic carbocycles. The molecule has 110 valence electrons. The van der Waals surface area contributed by atoms with E-state index in [0.29, 0.717) is 12.8 Å². The third-order valence-electron chi connectivity index (χ3n) is 4.67. The van der Waals surface area contributed by atoms with Gasteiger partial charge in [-0.05, 0) is 37.0 Å². The van der Waals surface area contributed by atoms with Crippen molar-refractivity contribution in [3.8, 4) is 0 Å². The lowest BCUT2D eigenvalue weighted by Crippen LogP contribution is -2.45. The summed E-state index contributed by atoms with van der Waals surface area (Å²) in [6, 6.07) is 0. The van der Waals surface area contributed by atoms with Crippen LogP contribution in [0.2, 0.25) is 0 Å². The Kier molecular flexibility index (Phi) is 5.83. The summed E-state index contributed by atoms with van der Waals surface area (Å²) in [6.07, 6.45) is 7.26. The normalized spacial score (nSPS) is 17.0. The Morgan fingerprint density at radius 1 is 1.05 bits per heavy atom. The molecule has 0 aromatic heterocycles. The molecule has 4 heteroatoms. The van der Waals surface area contributed by atoms with Gasteiger partial charge in [0, 0.05) is 0 Å². The number of carboxylic acid groups (broad SMARTS) is 2. The minimum Gasteiger partial charge on any atom is -0.481 e. The second kappa shape index (κ2) is 6.92. The third-order valence-corrected chi connectivity index (χ3v) is 4.67. The third kappa shape index (κ3) is 3.28. The van der Waals surface area contributed by atoms with Crippen molar-refractivity contribution < 1.29 is 19.8 Å². The summed E-state index contributed by atoms with van der Waals surface area (Å²) in [5.41, 5.74) is -0.558. The van der Waals surface area contributed by atoms with Crippen LogP contribution < -0.4 is 0 Å². The van der Waals surface area contributed by atoms with Gasteiger partial charge in [0.1, 0.15) is 0 Å². The van der Waals surface area contributed by atoms with Crippen LogP contribution in [0, 0.1) is 17.3 Å². The van der Waals surface area contributed by atoms with Gasteiger partial charge in [-0.2, -0.15) is 0 Å². The molecule has 1 saturated carbocycles. The topological polar surface area (TPSA) is 74.6 Å². The van der Waals surface area contributed by atoms with Crippen molar-refractivity contribution in [3.63, 3.8) is 0 Å². The fourth-order valence-corrected chi connectivity index (χ4v) is 4.09. The average molecular weight is 270 g/mol. The predicted molar refractivity (Wildman–Crippen MR) is 73.0 cm³/mol. The van der Waals surface area contributed by atoms with Gasteiger partial charge in [0.05, 0.1) is 0 Å². The molecule has 0 spiro atoms. The molecule has 0 saturated heterocycles. The van der Waals surface area contributed by atoms with Crippen LogP contribution in [-0.4, -0.2) is 22.2 Å². The van der Waals surface area contributed by atoms with Crippen LogP contribution in [0.3, 0.4) is 0 Å². The lowest BCUT2D eigenvalue weighted by atomic mass is 9.61. The number of carboxylic acids is 2. The zero-order chi connectivity index (χ0) is 14.5. The quantitative estimate of drug-likeness (QED) is 0.661. The molecule has 1 aliphatic rings. The van der Waals surface area contributed by atoms with Crippen molar-refractivity contribution in [1.82, 2.24) is 0 Å².